The first-order valence-electron chi connectivity index (χ1n) is 8.25. The van der Waals surface area contributed by atoms with Gasteiger partial charge in [-0.25, -0.2) is 4.98 Å². The lowest BCUT2D eigenvalue weighted by atomic mass is 10.00. The lowest BCUT2D eigenvalue weighted by molar-refractivity contribution is -0.907. The zero-order chi connectivity index (χ0) is 16.5. The summed E-state index contributed by atoms with van der Waals surface area (Å²) in [6.07, 6.45) is 1.04. The van der Waals surface area contributed by atoms with Gasteiger partial charge in [0.05, 0.1) is 16.8 Å². The highest BCUT2D eigenvalue weighted by atomic mass is 32.1. The van der Waals surface area contributed by atoms with E-state index in [0.29, 0.717) is 11.7 Å². The van der Waals surface area contributed by atoms with Crippen LogP contribution in [0.25, 0.3) is 10.2 Å². The second kappa shape index (κ2) is 6.34. The van der Waals surface area contributed by atoms with Crippen molar-refractivity contribution in [3.05, 3.63) is 59.2 Å². The molecule has 1 aliphatic heterocycles. The van der Waals surface area contributed by atoms with Crippen molar-refractivity contribution < 1.29 is 9.69 Å². The predicted molar refractivity (Wildman–Crippen MR) is 97.5 cm³/mol. The van der Waals surface area contributed by atoms with E-state index < -0.39 is 0 Å². The number of aryl methyl sites for hydroxylation is 1. The number of fused-ring (bicyclic) bond motifs is 2. The molecule has 0 radical (unpaired) electrons. The maximum Gasteiger partial charge on any atom is 0.281 e. The Balaban J connectivity index is 1.41. The molecule has 122 valence electrons. The van der Waals surface area contributed by atoms with Gasteiger partial charge in [-0.05, 0) is 30.2 Å². The van der Waals surface area contributed by atoms with Gasteiger partial charge in [0.15, 0.2) is 11.7 Å². The van der Waals surface area contributed by atoms with Crippen LogP contribution in [0, 0.1) is 6.92 Å². The number of benzene rings is 2. The molecule has 1 unspecified atom stereocenters. The Morgan fingerprint density at radius 1 is 1.25 bits per heavy atom. The monoisotopic (exact) mass is 338 g/mol. The predicted octanol–water partition coefficient (Wildman–Crippen LogP) is 2.18. The lowest BCUT2D eigenvalue weighted by Gasteiger charge is -2.25. The van der Waals surface area contributed by atoms with Gasteiger partial charge < -0.3 is 4.90 Å². The quantitative estimate of drug-likeness (QED) is 0.769. The Kier molecular flexibility index (Phi) is 4.04. The molecule has 4 nitrogen and oxygen atoms in total. The van der Waals surface area contributed by atoms with Crippen LogP contribution in [-0.4, -0.2) is 24.0 Å². The first kappa shape index (κ1) is 15.3. The molecule has 0 spiro atoms. The molecule has 24 heavy (non-hydrogen) atoms. The molecule has 0 fully saturated rings. The number of aromatic nitrogens is 1. The van der Waals surface area contributed by atoms with E-state index >= 15 is 0 Å². The van der Waals surface area contributed by atoms with Gasteiger partial charge in [-0.1, -0.05) is 41.7 Å². The minimum absolute atomic E-state index is 0.0418. The van der Waals surface area contributed by atoms with Gasteiger partial charge in [0.1, 0.15) is 6.54 Å². The molecule has 1 aromatic heterocycles. The fourth-order valence-electron chi connectivity index (χ4n) is 3.27. The van der Waals surface area contributed by atoms with Gasteiger partial charge >= 0.3 is 0 Å². The highest BCUT2D eigenvalue weighted by molar-refractivity contribution is 7.22. The van der Waals surface area contributed by atoms with Gasteiger partial charge in [-0.2, -0.15) is 0 Å². The maximum absolute atomic E-state index is 12.4. The van der Waals surface area contributed by atoms with E-state index in [1.54, 1.807) is 0 Å². The van der Waals surface area contributed by atoms with E-state index in [1.165, 1.54) is 32.9 Å². The van der Waals surface area contributed by atoms with E-state index in [2.05, 4.69) is 47.6 Å². The normalized spacial score (nSPS) is 16.8. The molecule has 5 heteroatoms. The van der Waals surface area contributed by atoms with Crippen molar-refractivity contribution in [3.63, 3.8) is 0 Å². The van der Waals surface area contributed by atoms with Gasteiger partial charge in [-0.3, -0.25) is 10.1 Å². The number of carbonyl (C=O) groups is 1. The summed E-state index contributed by atoms with van der Waals surface area (Å²) in [6, 6.07) is 14.7. The molecular weight excluding hydrogens is 318 g/mol. The van der Waals surface area contributed by atoms with Crippen molar-refractivity contribution >= 4 is 32.6 Å². The highest BCUT2D eigenvalue weighted by Crippen LogP contribution is 2.26. The fraction of sp³-hybridized carbons (Fsp3) is 0.263. The van der Waals surface area contributed by atoms with Gasteiger partial charge in [0.2, 0.25) is 0 Å². The third-order valence-corrected chi connectivity index (χ3v) is 5.44. The third kappa shape index (κ3) is 3.18. The molecule has 0 bridgehead atoms. The Hall–Kier alpha value is -2.24. The number of rotatable bonds is 3. The number of hydrogen-bond donors (Lipinski definition) is 2. The number of quaternary nitrogens is 1. The third-order valence-electron chi connectivity index (χ3n) is 4.51. The molecule has 3 aromatic rings. The van der Waals surface area contributed by atoms with Gasteiger partial charge in [0, 0.05) is 12.0 Å². The Morgan fingerprint density at radius 3 is 2.96 bits per heavy atom. The number of thiazole rings is 1. The largest absolute Gasteiger partial charge is 0.323 e. The fourth-order valence-corrected chi connectivity index (χ4v) is 4.25. The second-order valence-corrected chi connectivity index (χ2v) is 7.44. The number of nitrogens with zero attached hydrogens (tertiary/aromatic N) is 1. The van der Waals surface area contributed by atoms with E-state index in [9.17, 15) is 4.79 Å². The van der Waals surface area contributed by atoms with E-state index in [4.69, 9.17) is 0 Å². The summed E-state index contributed by atoms with van der Waals surface area (Å²) < 4.78 is 1.12. The number of anilines is 1. The molecule has 2 N–H and O–H groups in total. The van der Waals surface area contributed by atoms with Crippen LogP contribution in [0.3, 0.4) is 0 Å². The molecule has 1 aliphatic rings. The van der Waals surface area contributed by atoms with E-state index in [1.807, 2.05) is 12.1 Å². The molecule has 0 saturated carbocycles. The van der Waals surface area contributed by atoms with Gasteiger partial charge in [-0.15, -0.1) is 0 Å². The summed E-state index contributed by atoms with van der Waals surface area (Å²) in [5, 5.41) is 3.66. The number of carbonyl (C=O) groups excluding carboxylic acids is 1. The maximum atomic E-state index is 12.4. The zero-order valence-electron chi connectivity index (χ0n) is 13.6. The molecule has 2 aromatic carbocycles. The summed E-state index contributed by atoms with van der Waals surface area (Å²) in [7, 11) is 0. The highest BCUT2D eigenvalue weighted by Gasteiger charge is 2.21. The van der Waals surface area contributed by atoms with Crippen molar-refractivity contribution in [2.24, 2.45) is 0 Å². The van der Waals surface area contributed by atoms with Crippen molar-refractivity contribution in [2.45, 2.75) is 19.9 Å². The summed E-state index contributed by atoms with van der Waals surface area (Å²) in [4.78, 5) is 18.2. The average Bonchev–Trinajstić information content (AvgIpc) is 2.95. The Bertz CT molecular complexity index is 903. The summed E-state index contributed by atoms with van der Waals surface area (Å²) in [5.41, 5.74) is 4.94. The molecule has 1 amide bonds. The van der Waals surface area contributed by atoms with Crippen LogP contribution in [0.1, 0.15) is 16.7 Å². The van der Waals surface area contributed by atoms with Crippen molar-refractivity contribution in [3.8, 4) is 0 Å². The first-order chi connectivity index (χ1) is 11.7. The number of amides is 1. The topological polar surface area (TPSA) is 46.4 Å². The van der Waals surface area contributed by atoms with E-state index in [-0.39, 0.29) is 5.91 Å². The first-order valence-corrected chi connectivity index (χ1v) is 9.06. The molecule has 1 atom stereocenters. The van der Waals surface area contributed by atoms with Crippen molar-refractivity contribution in [2.75, 3.05) is 18.4 Å². The van der Waals surface area contributed by atoms with Crippen molar-refractivity contribution in [1.29, 1.82) is 0 Å². The van der Waals surface area contributed by atoms with Crippen molar-refractivity contribution in [1.82, 2.24) is 4.98 Å². The Morgan fingerprint density at radius 2 is 2.08 bits per heavy atom. The summed E-state index contributed by atoms with van der Waals surface area (Å²) in [5.74, 6) is 0.0418. The smallest absolute Gasteiger partial charge is 0.281 e. The van der Waals surface area contributed by atoms with Crippen LogP contribution in [0.2, 0.25) is 0 Å². The minimum atomic E-state index is 0.0418. The number of hydrogen-bond acceptors (Lipinski definition) is 3. The van der Waals surface area contributed by atoms with Crippen LogP contribution in [0.4, 0.5) is 5.13 Å². The molecular formula is C19H20N3OS+. The molecule has 0 aliphatic carbocycles. The molecule has 4 rings (SSSR count). The van der Waals surface area contributed by atoms with Crippen LogP contribution >= 0.6 is 11.3 Å². The van der Waals surface area contributed by atoms with Crippen LogP contribution < -0.4 is 10.2 Å². The Labute approximate surface area is 145 Å². The standard InChI is InChI=1S/C19H19N3OS/c1-13-6-7-16-17(10-13)24-19(20-16)21-18(23)12-22-9-8-14-4-2-3-5-15(14)11-22/h2-7,10H,8-9,11-12H2,1H3,(H,20,21,23)/p+1. The summed E-state index contributed by atoms with van der Waals surface area (Å²) in [6.45, 7) is 4.48. The summed E-state index contributed by atoms with van der Waals surface area (Å²) >= 11 is 1.54. The zero-order valence-corrected chi connectivity index (χ0v) is 14.5. The van der Waals surface area contributed by atoms with Crippen LogP contribution in [0.5, 0.6) is 0 Å². The SMILES string of the molecule is Cc1ccc2nc(NC(=O)C[NH+]3CCc4ccccc4C3)sc2c1. The minimum Gasteiger partial charge on any atom is -0.323 e. The lowest BCUT2D eigenvalue weighted by Crippen LogP contribution is -3.12. The van der Waals surface area contributed by atoms with Crippen LogP contribution in [0.15, 0.2) is 42.5 Å². The van der Waals surface area contributed by atoms with E-state index in [0.717, 1.165) is 29.7 Å². The van der Waals surface area contributed by atoms with Crippen LogP contribution in [-0.2, 0) is 17.8 Å². The second-order valence-electron chi connectivity index (χ2n) is 6.41. The van der Waals surface area contributed by atoms with Gasteiger partial charge in [0.25, 0.3) is 5.91 Å². The molecule has 2 heterocycles. The molecule has 0 saturated heterocycles. The average molecular weight is 338 g/mol. The number of nitrogens with one attached hydrogen (secondary N) is 2.